The zero-order chi connectivity index (χ0) is 34.0. The van der Waals surface area contributed by atoms with Crippen LogP contribution in [0.15, 0.2) is 17.8 Å². The first-order chi connectivity index (χ1) is 22.8. The molecular formula is C33H38F5N7O3. The minimum Gasteiger partial charge on any atom is -0.474 e. The number of morpholine rings is 1. The van der Waals surface area contributed by atoms with E-state index in [2.05, 4.69) is 43.5 Å². The molecule has 0 spiro atoms. The van der Waals surface area contributed by atoms with Gasteiger partial charge in [-0.15, -0.1) is 0 Å². The van der Waals surface area contributed by atoms with Gasteiger partial charge in [-0.1, -0.05) is 6.08 Å². The predicted octanol–water partition coefficient (Wildman–Crippen LogP) is 5.45. The molecule has 4 aliphatic rings. The first-order valence-corrected chi connectivity index (χ1v) is 16.2. The van der Waals surface area contributed by atoms with Crippen LogP contribution in [0.2, 0.25) is 0 Å². The van der Waals surface area contributed by atoms with Crippen LogP contribution < -0.4 is 25.8 Å². The van der Waals surface area contributed by atoms with E-state index in [1.54, 1.807) is 6.92 Å². The largest absolute Gasteiger partial charge is 0.474 e. The Morgan fingerprint density at radius 1 is 1.12 bits per heavy atom. The first-order valence-electron chi connectivity index (χ1n) is 16.2. The molecule has 0 radical (unpaired) electrons. The molecule has 1 saturated carbocycles. The summed E-state index contributed by atoms with van der Waals surface area (Å²) in [5.74, 6) is -2.29. The minimum absolute atomic E-state index is 0.0532. The molecule has 3 atom stereocenters. The number of hydrogen-bond donors (Lipinski definition) is 3. The van der Waals surface area contributed by atoms with E-state index in [0.717, 1.165) is 44.6 Å². The standard InChI is InChI=1S/C33H38F5N7O3/c1-16-13-46-7-6-45(16)14-32(4-5-32)15-47-31-43-28-23-29(44-31)41-12-20-9-19(11-40-20)8-17(2)48-30(23)42-27(26(28)35)21-10-22(39)25(34)18(3)24(21)33(36,37)38/h9-10,16-17,19,40H,4-8,11-15,39H2,1-3H3,(H,41,43,44)/t16-,17+,19?/m1/s1. The Morgan fingerprint density at radius 2 is 1.92 bits per heavy atom. The molecule has 0 amide bonds. The predicted molar refractivity (Wildman–Crippen MR) is 169 cm³/mol. The number of alkyl halides is 3. The number of nitrogens with zero attached hydrogens (tertiary/aromatic N) is 4. The molecule has 5 heterocycles. The number of halogens is 5. The second-order valence-corrected chi connectivity index (χ2v) is 13.5. The summed E-state index contributed by atoms with van der Waals surface area (Å²) in [5.41, 5.74) is 2.04. The van der Waals surface area contributed by atoms with E-state index in [-0.39, 0.29) is 52.6 Å². The lowest BCUT2D eigenvalue weighted by molar-refractivity contribution is -0.137. The third kappa shape index (κ3) is 6.17. The average molecular weight is 676 g/mol. The molecule has 7 rings (SSSR count). The molecule has 48 heavy (non-hydrogen) atoms. The number of anilines is 2. The zero-order valence-corrected chi connectivity index (χ0v) is 26.9. The van der Waals surface area contributed by atoms with Gasteiger partial charge in [-0.3, -0.25) is 4.90 Å². The van der Waals surface area contributed by atoms with E-state index in [1.165, 1.54) is 0 Å². The third-order valence-corrected chi connectivity index (χ3v) is 9.73. The van der Waals surface area contributed by atoms with Gasteiger partial charge in [0.15, 0.2) is 5.82 Å². The van der Waals surface area contributed by atoms with Crippen LogP contribution in [0.3, 0.4) is 0 Å². The summed E-state index contributed by atoms with van der Waals surface area (Å²) in [4.78, 5) is 15.7. The summed E-state index contributed by atoms with van der Waals surface area (Å²) in [6, 6.07) is 0.867. The number of fused-ring (bicyclic) bond motifs is 1. The van der Waals surface area contributed by atoms with Gasteiger partial charge in [0.1, 0.15) is 28.2 Å². The van der Waals surface area contributed by atoms with Gasteiger partial charge in [0.2, 0.25) is 5.88 Å². The number of benzene rings is 1. The van der Waals surface area contributed by atoms with Gasteiger partial charge >= 0.3 is 12.2 Å². The monoisotopic (exact) mass is 675 g/mol. The Labute approximate surface area is 274 Å². The highest BCUT2D eigenvalue weighted by molar-refractivity contribution is 5.97. The summed E-state index contributed by atoms with van der Waals surface area (Å²) in [6.07, 6.45) is -1.01. The van der Waals surface area contributed by atoms with Gasteiger partial charge in [-0.25, -0.2) is 13.8 Å². The highest BCUT2D eigenvalue weighted by Gasteiger charge is 2.46. The molecule has 3 aromatic rings. The van der Waals surface area contributed by atoms with E-state index in [4.69, 9.17) is 19.9 Å². The molecule has 1 aliphatic carbocycles. The van der Waals surface area contributed by atoms with Crippen molar-refractivity contribution < 1.29 is 36.2 Å². The maximum atomic E-state index is 16.7. The molecule has 258 valence electrons. The number of pyridine rings is 1. The number of ether oxygens (including phenoxy) is 3. The molecule has 10 nitrogen and oxygen atoms in total. The average Bonchev–Trinajstić information content (AvgIpc) is 3.66. The van der Waals surface area contributed by atoms with Gasteiger partial charge in [0.05, 0.1) is 43.7 Å². The van der Waals surface area contributed by atoms with E-state index >= 15 is 4.39 Å². The fraction of sp³-hybridized carbons (Fsp3) is 0.545. The van der Waals surface area contributed by atoms with Crippen LogP contribution in [0.5, 0.6) is 11.9 Å². The highest BCUT2D eigenvalue weighted by Crippen LogP contribution is 2.48. The van der Waals surface area contributed by atoms with Crippen molar-refractivity contribution in [2.75, 3.05) is 57.1 Å². The van der Waals surface area contributed by atoms with Crippen LogP contribution in [0.1, 0.15) is 44.2 Å². The lowest BCUT2D eigenvalue weighted by Gasteiger charge is -2.35. The van der Waals surface area contributed by atoms with Crippen LogP contribution in [-0.2, 0) is 10.9 Å². The van der Waals surface area contributed by atoms with Crippen LogP contribution in [0.25, 0.3) is 22.2 Å². The SMILES string of the molecule is Cc1c(F)c(N)cc(-c2nc3c4c(nc(OCC5(CN6CCOC[C@H]6C)CC5)nc4c2F)NCC2=CC(CN2)C[C@H](C)O3)c1C(F)(F)F. The van der Waals surface area contributed by atoms with Gasteiger partial charge < -0.3 is 30.6 Å². The summed E-state index contributed by atoms with van der Waals surface area (Å²) < 4.78 is 92.7. The van der Waals surface area contributed by atoms with E-state index < -0.39 is 52.0 Å². The summed E-state index contributed by atoms with van der Waals surface area (Å²) in [5, 5.41) is 6.63. The van der Waals surface area contributed by atoms with Crippen molar-refractivity contribution >= 4 is 22.4 Å². The zero-order valence-electron chi connectivity index (χ0n) is 26.9. The van der Waals surface area contributed by atoms with Crippen LogP contribution in [0.4, 0.5) is 33.5 Å². The number of rotatable bonds is 6. The number of hydrogen-bond acceptors (Lipinski definition) is 10. The maximum Gasteiger partial charge on any atom is 0.417 e. The molecule has 2 aromatic heterocycles. The quantitative estimate of drug-likeness (QED) is 0.230. The Morgan fingerprint density at radius 3 is 2.65 bits per heavy atom. The van der Waals surface area contributed by atoms with Crippen LogP contribution in [-0.4, -0.2) is 78.0 Å². The fourth-order valence-corrected chi connectivity index (χ4v) is 6.90. The number of nitrogens with one attached hydrogen (secondary N) is 2. The highest BCUT2D eigenvalue weighted by atomic mass is 19.4. The normalized spacial score (nSPS) is 23.8. The molecule has 4 N–H and O–H groups in total. The second kappa shape index (κ2) is 12.2. The molecule has 1 aromatic carbocycles. The van der Waals surface area contributed by atoms with Crippen molar-refractivity contribution in [3.8, 4) is 23.1 Å². The Hall–Kier alpha value is -3.98. The minimum atomic E-state index is -5.05. The molecule has 2 fully saturated rings. The van der Waals surface area contributed by atoms with Crippen molar-refractivity contribution in [2.24, 2.45) is 11.3 Å². The van der Waals surface area contributed by atoms with Crippen molar-refractivity contribution in [3.05, 3.63) is 40.6 Å². The van der Waals surface area contributed by atoms with E-state index in [1.807, 2.05) is 0 Å². The Bertz CT molecular complexity index is 1780. The van der Waals surface area contributed by atoms with E-state index in [0.29, 0.717) is 32.7 Å². The summed E-state index contributed by atoms with van der Waals surface area (Å²) >= 11 is 0. The van der Waals surface area contributed by atoms with Gasteiger partial charge in [-0.2, -0.15) is 23.1 Å². The Kier molecular flexibility index (Phi) is 8.25. The third-order valence-electron chi connectivity index (χ3n) is 9.73. The molecule has 1 saturated heterocycles. The number of nitrogens with two attached hydrogens (primary N) is 1. The molecular weight excluding hydrogens is 637 g/mol. The van der Waals surface area contributed by atoms with Gasteiger partial charge in [-0.05, 0) is 57.6 Å². The van der Waals surface area contributed by atoms with Gasteiger partial charge in [0, 0.05) is 42.4 Å². The first kappa shape index (κ1) is 32.6. The lowest BCUT2D eigenvalue weighted by Crippen LogP contribution is -2.47. The van der Waals surface area contributed by atoms with E-state index in [9.17, 15) is 17.6 Å². The van der Waals surface area contributed by atoms with Crippen molar-refractivity contribution in [2.45, 2.75) is 58.4 Å². The van der Waals surface area contributed by atoms with Gasteiger partial charge in [0.25, 0.3) is 0 Å². The van der Waals surface area contributed by atoms with Crippen LogP contribution >= 0.6 is 0 Å². The van der Waals surface area contributed by atoms with Crippen molar-refractivity contribution in [1.82, 2.24) is 25.2 Å². The maximum absolute atomic E-state index is 16.7. The number of aromatic nitrogens is 3. The van der Waals surface area contributed by atoms with Crippen molar-refractivity contribution in [3.63, 3.8) is 0 Å². The molecule has 15 heteroatoms. The fourth-order valence-electron chi connectivity index (χ4n) is 6.90. The molecule has 3 aliphatic heterocycles. The molecule has 1 unspecified atom stereocenters. The van der Waals surface area contributed by atoms with Crippen molar-refractivity contribution in [1.29, 1.82) is 0 Å². The summed E-state index contributed by atoms with van der Waals surface area (Å²) in [6.45, 7) is 9.03. The molecule has 2 bridgehead atoms. The topological polar surface area (TPSA) is 120 Å². The summed E-state index contributed by atoms with van der Waals surface area (Å²) in [7, 11) is 0. The van der Waals surface area contributed by atoms with Crippen LogP contribution in [0, 0.1) is 29.9 Å². The second-order valence-electron chi connectivity index (χ2n) is 13.5. The lowest BCUT2D eigenvalue weighted by atomic mass is 9.96. The smallest absolute Gasteiger partial charge is 0.417 e. The Balaban J connectivity index is 1.35. The number of nitrogen functional groups attached to an aromatic ring is 1.